The molecule has 0 saturated carbocycles. The lowest BCUT2D eigenvalue weighted by molar-refractivity contribution is 0.109. The summed E-state index contributed by atoms with van der Waals surface area (Å²) in [7, 11) is 0. The highest BCUT2D eigenvalue weighted by atomic mass is 16.5. The van der Waals surface area contributed by atoms with Crippen LogP contribution in [0.1, 0.15) is 30.3 Å². The molecule has 0 unspecified atom stereocenters. The fourth-order valence-electron chi connectivity index (χ4n) is 2.36. The number of rotatable bonds is 5. The molecule has 3 heterocycles. The molecule has 1 aliphatic heterocycles. The Morgan fingerprint density at radius 3 is 3.10 bits per heavy atom. The number of ether oxygens (including phenoxy) is 1. The van der Waals surface area contributed by atoms with Gasteiger partial charge < -0.3 is 14.6 Å². The summed E-state index contributed by atoms with van der Waals surface area (Å²) in [5, 5.41) is 7.03. The van der Waals surface area contributed by atoms with Crippen LogP contribution in [-0.2, 0) is 4.74 Å². The van der Waals surface area contributed by atoms with Gasteiger partial charge in [0.1, 0.15) is 6.10 Å². The molecule has 0 spiro atoms. The van der Waals surface area contributed by atoms with Crippen LogP contribution in [-0.4, -0.2) is 28.3 Å². The third kappa shape index (κ3) is 2.95. The van der Waals surface area contributed by atoms with Crippen LogP contribution in [0, 0.1) is 6.92 Å². The van der Waals surface area contributed by atoms with Gasteiger partial charge in [0.25, 0.3) is 0 Å². The van der Waals surface area contributed by atoms with Crippen LogP contribution in [0.3, 0.4) is 0 Å². The molecule has 3 rings (SSSR count). The van der Waals surface area contributed by atoms with Crippen molar-refractivity contribution >= 4 is 5.95 Å². The molecule has 110 valence electrons. The second-order valence-electron chi connectivity index (χ2n) is 5.00. The molecular weight excluding hydrogens is 268 g/mol. The summed E-state index contributed by atoms with van der Waals surface area (Å²) in [6, 6.07) is 1.88. The second-order valence-corrected chi connectivity index (χ2v) is 5.00. The lowest BCUT2D eigenvalue weighted by Crippen LogP contribution is -2.08. The summed E-state index contributed by atoms with van der Waals surface area (Å²) in [5.41, 5.74) is 2.52. The highest BCUT2D eigenvalue weighted by molar-refractivity contribution is 5.61. The molecule has 0 aliphatic carbocycles. The lowest BCUT2D eigenvalue weighted by Gasteiger charge is -2.13. The van der Waals surface area contributed by atoms with E-state index in [0.717, 1.165) is 36.4 Å². The van der Waals surface area contributed by atoms with E-state index in [4.69, 9.17) is 9.26 Å². The van der Waals surface area contributed by atoms with Crippen LogP contribution in [0.15, 0.2) is 29.4 Å². The molecule has 0 amide bonds. The third-order valence-corrected chi connectivity index (χ3v) is 3.35. The first-order chi connectivity index (χ1) is 10.3. The van der Waals surface area contributed by atoms with Crippen molar-refractivity contribution in [3.05, 3.63) is 36.3 Å². The van der Waals surface area contributed by atoms with Gasteiger partial charge in [-0.1, -0.05) is 11.2 Å². The molecule has 6 heteroatoms. The fraction of sp³-hybridized carbons (Fsp3) is 0.400. The van der Waals surface area contributed by atoms with Crippen LogP contribution >= 0.6 is 0 Å². The van der Waals surface area contributed by atoms with E-state index in [1.54, 1.807) is 12.3 Å². The van der Waals surface area contributed by atoms with Crippen LogP contribution in [0.5, 0.6) is 0 Å². The van der Waals surface area contributed by atoms with E-state index >= 15 is 0 Å². The zero-order chi connectivity index (χ0) is 14.7. The SMILES string of the molecule is C=CCNc1ncc(-c2cc(C)no2)c([C@H]2CCCO2)n1. The average Bonchev–Trinajstić information content (AvgIpc) is 3.16. The van der Waals surface area contributed by atoms with Gasteiger partial charge in [0.2, 0.25) is 5.95 Å². The molecule has 6 nitrogen and oxygen atoms in total. The average molecular weight is 286 g/mol. The molecule has 1 atom stereocenters. The summed E-state index contributed by atoms with van der Waals surface area (Å²) in [4.78, 5) is 8.92. The van der Waals surface area contributed by atoms with Crippen LogP contribution in [0.4, 0.5) is 5.95 Å². The molecule has 1 saturated heterocycles. The first-order valence-corrected chi connectivity index (χ1v) is 7.05. The third-order valence-electron chi connectivity index (χ3n) is 3.35. The summed E-state index contributed by atoms with van der Waals surface area (Å²) in [6.07, 6.45) is 5.51. The minimum absolute atomic E-state index is 0.0160. The van der Waals surface area contributed by atoms with Crippen molar-refractivity contribution < 1.29 is 9.26 Å². The largest absolute Gasteiger partial charge is 0.372 e. The predicted octanol–water partition coefficient (Wildman–Crippen LogP) is 2.89. The number of nitrogens with one attached hydrogen (secondary N) is 1. The van der Waals surface area contributed by atoms with Crippen molar-refractivity contribution in [3.8, 4) is 11.3 Å². The molecule has 1 fully saturated rings. The Balaban J connectivity index is 1.99. The smallest absolute Gasteiger partial charge is 0.223 e. The number of anilines is 1. The zero-order valence-corrected chi connectivity index (χ0v) is 12.0. The molecule has 0 bridgehead atoms. The van der Waals surface area contributed by atoms with Gasteiger partial charge in [-0.05, 0) is 19.8 Å². The number of hydrogen-bond acceptors (Lipinski definition) is 6. The van der Waals surface area contributed by atoms with Crippen molar-refractivity contribution in [1.29, 1.82) is 0 Å². The van der Waals surface area contributed by atoms with E-state index in [1.807, 2.05) is 13.0 Å². The number of hydrogen-bond donors (Lipinski definition) is 1. The molecule has 2 aromatic heterocycles. The highest BCUT2D eigenvalue weighted by Gasteiger charge is 2.25. The van der Waals surface area contributed by atoms with Gasteiger partial charge in [0.05, 0.1) is 17.0 Å². The van der Waals surface area contributed by atoms with E-state index in [-0.39, 0.29) is 6.10 Å². The summed E-state index contributed by atoms with van der Waals surface area (Å²) in [5.74, 6) is 1.24. The first-order valence-electron chi connectivity index (χ1n) is 7.05. The number of aryl methyl sites for hydroxylation is 1. The van der Waals surface area contributed by atoms with Crippen molar-refractivity contribution in [2.45, 2.75) is 25.9 Å². The van der Waals surface area contributed by atoms with Gasteiger partial charge in [-0.15, -0.1) is 6.58 Å². The molecule has 1 aliphatic rings. The van der Waals surface area contributed by atoms with Gasteiger partial charge in [-0.2, -0.15) is 0 Å². The summed E-state index contributed by atoms with van der Waals surface area (Å²) < 4.78 is 11.1. The van der Waals surface area contributed by atoms with Crippen LogP contribution in [0.2, 0.25) is 0 Å². The van der Waals surface area contributed by atoms with Crippen molar-refractivity contribution in [2.24, 2.45) is 0 Å². The molecule has 2 aromatic rings. The van der Waals surface area contributed by atoms with E-state index in [2.05, 4.69) is 27.0 Å². The Labute approximate surface area is 123 Å². The maximum Gasteiger partial charge on any atom is 0.223 e. The van der Waals surface area contributed by atoms with Crippen LogP contribution in [0.25, 0.3) is 11.3 Å². The van der Waals surface area contributed by atoms with Crippen molar-refractivity contribution in [3.63, 3.8) is 0 Å². The van der Waals surface area contributed by atoms with Crippen LogP contribution < -0.4 is 5.32 Å². The summed E-state index contributed by atoms with van der Waals surface area (Å²) in [6.45, 7) is 6.95. The molecule has 1 N–H and O–H groups in total. The monoisotopic (exact) mass is 286 g/mol. The number of nitrogens with zero attached hydrogens (tertiary/aromatic N) is 3. The first kappa shape index (κ1) is 13.8. The Bertz CT molecular complexity index is 632. The van der Waals surface area contributed by atoms with E-state index in [1.165, 1.54) is 0 Å². The molecule has 0 aromatic carbocycles. The normalized spacial score (nSPS) is 17.9. The Morgan fingerprint density at radius 2 is 2.43 bits per heavy atom. The Morgan fingerprint density at radius 1 is 1.52 bits per heavy atom. The highest BCUT2D eigenvalue weighted by Crippen LogP contribution is 2.34. The van der Waals surface area contributed by atoms with E-state index in [0.29, 0.717) is 18.3 Å². The predicted molar refractivity (Wildman–Crippen MR) is 78.9 cm³/mol. The van der Waals surface area contributed by atoms with Gasteiger partial charge in [0.15, 0.2) is 5.76 Å². The van der Waals surface area contributed by atoms with Crippen molar-refractivity contribution in [2.75, 3.05) is 18.5 Å². The van der Waals surface area contributed by atoms with Gasteiger partial charge in [-0.3, -0.25) is 0 Å². The summed E-state index contributed by atoms with van der Waals surface area (Å²) >= 11 is 0. The Kier molecular flexibility index (Phi) is 3.96. The number of aromatic nitrogens is 3. The minimum Gasteiger partial charge on any atom is -0.372 e. The fourth-order valence-corrected chi connectivity index (χ4v) is 2.36. The van der Waals surface area contributed by atoms with Gasteiger partial charge in [0, 0.05) is 25.4 Å². The van der Waals surface area contributed by atoms with E-state index in [9.17, 15) is 0 Å². The maximum atomic E-state index is 5.77. The zero-order valence-electron chi connectivity index (χ0n) is 12.0. The minimum atomic E-state index is -0.0160. The van der Waals surface area contributed by atoms with E-state index < -0.39 is 0 Å². The van der Waals surface area contributed by atoms with Gasteiger partial charge in [-0.25, -0.2) is 9.97 Å². The standard InChI is InChI=1S/C15H18N4O2/c1-3-6-16-15-17-9-11(13-8-10(2)19-21-13)14(18-15)12-5-4-7-20-12/h3,8-9,12H,1,4-7H2,2H3,(H,16,17,18)/t12-/m1/s1. The van der Waals surface area contributed by atoms with Gasteiger partial charge >= 0.3 is 0 Å². The molecular formula is C15H18N4O2. The lowest BCUT2D eigenvalue weighted by atomic mass is 10.1. The molecule has 0 radical (unpaired) electrons. The quantitative estimate of drug-likeness (QED) is 0.852. The molecule has 21 heavy (non-hydrogen) atoms. The Hall–Kier alpha value is -2.21. The second kappa shape index (κ2) is 6.05. The van der Waals surface area contributed by atoms with Crippen molar-refractivity contribution in [1.82, 2.24) is 15.1 Å². The maximum absolute atomic E-state index is 5.77. The topological polar surface area (TPSA) is 73.1 Å².